The molecule has 0 aliphatic carbocycles. The summed E-state index contributed by atoms with van der Waals surface area (Å²) in [7, 11) is 0. The third-order valence-electron chi connectivity index (χ3n) is 5.16. The van der Waals surface area contributed by atoms with Gasteiger partial charge in [-0.15, -0.1) is 0 Å². The standard InChI is InChI=1S/C24H13BrO2/c25-19-11-10-15(24-23(19)17-6-2-4-8-21(17)27-24)14-9-12-22-18(13-14)16-5-1-3-7-20(16)26-22/h1-13H. The topological polar surface area (TPSA) is 26.3 Å². The minimum absolute atomic E-state index is 0.899. The molecule has 0 aliphatic rings. The second kappa shape index (κ2) is 5.48. The van der Waals surface area contributed by atoms with Crippen LogP contribution in [0, 0.1) is 0 Å². The molecule has 0 atom stereocenters. The van der Waals surface area contributed by atoms with Crippen molar-refractivity contribution in [3.8, 4) is 11.1 Å². The number of halogens is 1. The molecule has 0 radical (unpaired) electrons. The van der Waals surface area contributed by atoms with Gasteiger partial charge in [-0.1, -0.05) is 58.4 Å². The molecule has 0 saturated carbocycles. The van der Waals surface area contributed by atoms with Crippen molar-refractivity contribution in [2.24, 2.45) is 0 Å². The Hall–Kier alpha value is -3.04. The monoisotopic (exact) mass is 412 g/mol. The van der Waals surface area contributed by atoms with Crippen LogP contribution in [0.25, 0.3) is 55.0 Å². The summed E-state index contributed by atoms with van der Waals surface area (Å²) in [5.74, 6) is 0. The van der Waals surface area contributed by atoms with E-state index in [2.05, 4.69) is 52.3 Å². The Bertz CT molecular complexity index is 1490. The molecule has 0 spiro atoms. The zero-order valence-electron chi connectivity index (χ0n) is 14.2. The highest BCUT2D eigenvalue weighted by atomic mass is 79.9. The SMILES string of the molecule is Brc1ccc(-c2ccc3oc4ccccc4c3c2)c2oc3ccccc3c12. The third kappa shape index (κ3) is 2.12. The van der Waals surface area contributed by atoms with E-state index in [1.807, 2.05) is 42.5 Å². The molecule has 0 bridgehead atoms. The van der Waals surface area contributed by atoms with Crippen molar-refractivity contribution < 1.29 is 8.83 Å². The number of hydrogen-bond donors (Lipinski definition) is 0. The lowest BCUT2D eigenvalue weighted by Gasteiger charge is -2.04. The Morgan fingerprint density at radius 1 is 0.593 bits per heavy atom. The molecule has 4 aromatic carbocycles. The van der Waals surface area contributed by atoms with E-state index < -0.39 is 0 Å². The van der Waals surface area contributed by atoms with E-state index in [1.54, 1.807) is 0 Å². The van der Waals surface area contributed by atoms with Crippen molar-refractivity contribution >= 4 is 59.8 Å². The summed E-state index contributed by atoms with van der Waals surface area (Å²) in [6, 6.07) is 26.8. The molecule has 128 valence electrons. The van der Waals surface area contributed by atoms with Crippen molar-refractivity contribution in [2.75, 3.05) is 0 Å². The highest BCUT2D eigenvalue weighted by molar-refractivity contribution is 9.10. The molecule has 27 heavy (non-hydrogen) atoms. The Morgan fingerprint density at radius 2 is 1.30 bits per heavy atom. The maximum absolute atomic E-state index is 6.25. The van der Waals surface area contributed by atoms with Crippen molar-refractivity contribution in [3.63, 3.8) is 0 Å². The largest absolute Gasteiger partial charge is 0.456 e. The minimum atomic E-state index is 0.899. The van der Waals surface area contributed by atoms with Crippen LogP contribution in [0.4, 0.5) is 0 Å². The van der Waals surface area contributed by atoms with Crippen LogP contribution in [-0.4, -0.2) is 0 Å². The molecule has 0 unspecified atom stereocenters. The minimum Gasteiger partial charge on any atom is -0.456 e. The summed E-state index contributed by atoms with van der Waals surface area (Å²) in [6.45, 7) is 0. The Kier molecular flexibility index (Phi) is 3.06. The van der Waals surface area contributed by atoms with E-state index in [1.165, 1.54) is 0 Å². The van der Waals surface area contributed by atoms with Crippen LogP contribution < -0.4 is 0 Å². The number of hydrogen-bond acceptors (Lipinski definition) is 2. The van der Waals surface area contributed by atoms with Crippen LogP contribution in [-0.2, 0) is 0 Å². The lowest BCUT2D eigenvalue weighted by atomic mass is 10.0. The van der Waals surface area contributed by atoms with Crippen LogP contribution in [0.3, 0.4) is 0 Å². The predicted molar refractivity (Wildman–Crippen MR) is 114 cm³/mol. The molecule has 6 rings (SSSR count). The van der Waals surface area contributed by atoms with Gasteiger partial charge in [-0.2, -0.15) is 0 Å². The van der Waals surface area contributed by atoms with E-state index in [0.29, 0.717) is 0 Å². The summed E-state index contributed by atoms with van der Waals surface area (Å²) in [5, 5.41) is 4.49. The number of para-hydroxylation sites is 2. The Labute approximate surface area is 163 Å². The van der Waals surface area contributed by atoms with Crippen LogP contribution in [0.1, 0.15) is 0 Å². The Balaban J connectivity index is 1.70. The summed E-state index contributed by atoms with van der Waals surface area (Å²) < 4.78 is 13.3. The molecular weight excluding hydrogens is 400 g/mol. The molecule has 0 saturated heterocycles. The van der Waals surface area contributed by atoms with E-state index >= 15 is 0 Å². The van der Waals surface area contributed by atoms with Crippen LogP contribution >= 0.6 is 15.9 Å². The van der Waals surface area contributed by atoms with Crippen molar-refractivity contribution in [1.29, 1.82) is 0 Å². The summed E-state index contributed by atoms with van der Waals surface area (Å²) in [4.78, 5) is 0. The van der Waals surface area contributed by atoms with Gasteiger partial charge in [0.05, 0.1) is 0 Å². The lowest BCUT2D eigenvalue weighted by molar-refractivity contribution is 0.668. The summed E-state index contributed by atoms with van der Waals surface area (Å²) in [6.07, 6.45) is 0. The zero-order chi connectivity index (χ0) is 18.0. The highest BCUT2D eigenvalue weighted by Gasteiger charge is 2.16. The summed E-state index contributed by atoms with van der Waals surface area (Å²) in [5.41, 5.74) is 5.81. The van der Waals surface area contributed by atoms with Gasteiger partial charge < -0.3 is 8.83 Å². The number of fused-ring (bicyclic) bond motifs is 6. The Morgan fingerprint density at radius 3 is 2.15 bits per heavy atom. The molecular formula is C24H13BrO2. The zero-order valence-corrected chi connectivity index (χ0v) is 15.8. The fourth-order valence-corrected chi connectivity index (χ4v) is 4.43. The van der Waals surface area contributed by atoms with Crippen molar-refractivity contribution in [3.05, 3.63) is 83.3 Å². The maximum Gasteiger partial charge on any atom is 0.144 e. The first-order valence-corrected chi connectivity index (χ1v) is 9.60. The molecule has 2 heterocycles. The molecule has 0 N–H and O–H groups in total. The molecule has 2 aromatic heterocycles. The second-order valence-electron chi connectivity index (χ2n) is 6.71. The molecule has 6 aromatic rings. The first-order valence-electron chi connectivity index (χ1n) is 8.81. The average Bonchev–Trinajstić information content (AvgIpc) is 3.27. The fourth-order valence-electron chi connectivity index (χ4n) is 3.91. The van der Waals surface area contributed by atoms with Gasteiger partial charge in [0, 0.05) is 31.6 Å². The number of rotatable bonds is 1. The van der Waals surface area contributed by atoms with Crippen LogP contribution in [0.5, 0.6) is 0 Å². The first-order chi connectivity index (χ1) is 13.3. The van der Waals surface area contributed by atoms with E-state index in [4.69, 9.17) is 8.83 Å². The third-order valence-corrected chi connectivity index (χ3v) is 5.82. The van der Waals surface area contributed by atoms with E-state index in [0.717, 1.165) is 59.5 Å². The average molecular weight is 413 g/mol. The normalized spacial score (nSPS) is 11.9. The van der Waals surface area contributed by atoms with Gasteiger partial charge in [0.25, 0.3) is 0 Å². The van der Waals surface area contributed by atoms with Crippen molar-refractivity contribution in [1.82, 2.24) is 0 Å². The van der Waals surface area contributed by atoms with Gasteiger partial charge in [0.2, 0.25) is 0 Å². The van der Waals surface area contributed by atoms with Gasteiger partial charge >= 0.3 is 0 Å². The number of furan rings is 2. The fraction of sp³-hybridized carbons (Fsp3) is 0. The molecule has 0 aliphatic heterocycles. The van der Waals surface area contributed by atoms with E-state index in [-0.39, 0.29) is 0 Å². The van der Waals surface area contributed by atoms with Gasteiger partial charge in [-0.25, -0.2) is 0 Å². The molecule has 0 amide bonds. The van der Waals surface area contributed by atoms with Gasteiger partial charge in [0.15, 0.2) is 0 Å². The van der Waals surface area contributed by atoms with Gasteiger partial charge in [-0.05, 0) is 42.0 Å². The maximum atomic E-state index is 6.25. The lowest BCUT2D eigenvalue weighted by Crippen LogP contribution is -1.80. The predicted octanol–water partition coefficient (Wildman–Crippen LogP) is 7.91. The smallest absolute Gasteiger partial charge is 0.144 e. The van der Waals surface area contributed by atoms with Crippen LogP contribution in [0.2, 0.25) is 0 Å². The van der Waals surface area contributed by atoms with Crippen LogP contribution in [0.15, 0.2) is 92.2 Å². The van der Waals surface area contributed by atoms with Gasteiger partial charge in [0.1, 0.15) is 22.3 Å². The molecule has 2 nitrogen and oxygen atoms in total. The molecule has 3 heteroatoms. The second-order valence-corrected chi connectivity index (χ2v) is 7.56. The van der Waals surface area contributed by atoms with E-state index in [9.17, 15) is 0 Å². The van der Waals surface area contributed by atoms with Gasteiger partial charge in [-0.3, -0.25) is 0 Å². The number of benzene rings is 4. The van der Waals surface area contributed by atoms with Crippen molar-refractivity contribution in [2.45, 2.75) is 0 Å². The highest BCUT2D eigenvalue weighted by Crippen LogP contribution is 2.41. The quantitative estimate of drug-likeness (QED) is 0.274. The first kappa shape index (κ1) is 15.1. The molecule has 0 fully saturated rings. The summed E-state index contributed by atoms with van der Waals surface area (Å²) >= 11 is 3.70.